The van der Waals surface area contributed by atoms with E-state index in [1.165, 1.54) is 30.5 Å². The summed E-state index contributed by atoms with van der Waals surface area (Å²) in [4.78, 5) is 45.1. The number of ketones is 1. The quantitative estimate of drug-likeness (QED) is 0.614. The van der Waals surface area contributed by atoms with E-state index in [9.17, 15) is 18.8 Å². The van der Waals surface area contributed by atoms with E-state index in [4.69, 9.17) is 5.73 Å². The van der Waals surface area contributed by atoms with Crippen LogP contribution >= 0.6 is 0 Å². The number of piperazine rings is 1. The highest BCUT2D eigenvalue weighted by atomic mass is 19.1. The first-order valence-corrected chi connectivity index (χ1v) is 12.3. The SMILES string of the molecule is Cc1c(CC(=O)c2ccc(C(N)=O)nc2)cc(F)cc1CN1CCN(C(=O)C2CCCC2)[C@@H](C)C1. The first-order valence-electron chi connectivity index (χ1n) is 12.3. The van der Waals surface area contributed by atoms with Crippen LogP contribution in [0.15, 0.2) is 30.5 Å². The van der Waals surface area contributed by atoms with Crippen molar-refractivity contribution in [3.63, 3.8) is 0 Å². The molecule has 1 aromatic heterocycles. The first-order chi connectivity index (χ1) is 16.7. The number of rotatable bonds is 7. The molecule has 2 amide bonds. The second-order valence-electron chi connectivity index (χ2n) is 9.84. The molecule has 7 nitrogen and oxygen atoms in total. The molecule has 0 bridgehead atoms. The molecule has 1 aliphatic heterocycles. The lowest BCUT2D eigenvalue weighted by Crippen LogP contribution is -2.54. The van der Waals surface area contributed by atoms with E-state index in [2.05, 4.69) is 16.8 Å². The number of benzene rings is 1. The van der Waals surface area contributed by atoms with Gasteiger partial charge in [-0.1, -0.05) is 12.8 Å². The molecule has 2 aromatic rings. The standard InChI is InChI=1S/C27H33FN4O3/c1-17-15-31(9-10-32(17)27(35)19-5-3-4-6-19)16-22-12-23(28)11-21(18(22)2)13-25(33)20-7-8-24(26(29)34)30-14-20/h7-8,11-12,14,17,19H,3-6,9-10,13,15-16H2,1-2H3,(H2,29,34)/t17-/m0/s1. The summed E-state index contributed by atoms with van der Waals surface area (Å²) in [5, 5.41) is 0. The lowest BCUT2D eigenvalue weighted by Gasteiger charge is -2.41. The van der Waals surface area contributed by atoms with Gasteiger partial charge in [0, 0.05) is 56.3 Å². The van der Waals surface area contributed by atoms with Crippen LogP contribution in [0.4, 0.5) is 4.39 Å². The van der Waals surface area contributed by atoms with Gasteiger partial charge in [-0.15, -0.1) is 0 Å². The Morgan fingerprint density at radius 3 is 2.46 bits per heavy atom. The van der Waals surface area contributed by atoms with Crippen molar-refractivity contribution in [2.45, 2.75) is 58.5 Å². The van der Waals surface area contributed by atoms with Gasteiger partial charge in [0.2, 0.25) is 5.91 Å². The van der Waals surface area contributed by atoms with Crippen LogP contribution in [0, 0.1) is 18.7 Å². The van der Waals surface area contributed by atoms with Crippen molar-refractivity contribution < 1.29 is 18.8 Å². The maximum Gasteiger partial charge on any atom is 0.267 e. The van der Waals surface area contributed by atoms with Gasteiger partial charge >= 0.3 is 0 Å². The molecular weight excluding hydrogens is 447 g/mol. The van der Waals surface area contributed by atoms with Gasteiger partial charge in [0.25, 0.3) is 5.91 Å². The predicted octanol–water partition coefficient (Wildman–Crippen LogP) is 3.28. The Morgan fingerprint density at radius 1 is 1.11 bits per heavy atom. The smallest absolute Gasteiger partial charge is 0.267 e. The van der Waals surface area contributed by atoms with E-state index in [0.717, 1.165) is 49.9 Å². The molecule has 1 aliphatic carbocycles. The fourth-order valence-electron chi connectivity index (χ4n) is 5.28. The zero-order chi connectivity index (χ0) is 25.1. The van der Waals surface area contributed by atoms with E-state index < -0.39 is 5.91 Å². The Bertz CT molecular complexity index is 1110. The number of amides is 2. The third kappa shape index (κ3) is 5.75. The number of Topliss-reactive ketones (excluding diaryl/α,β-unsaturated/α-hetero) is 1. The van der Waals surface area contributed by atoms with Crippen molar-refractivity contribution >= 4 is 17.6 Å². The third-order valence-electron chi connectivity index (χ3n) is 7.37. The fraction of sp³-hybridized carbons (Fsp3) is 0.481. The summed E-state index contributed by atoms with van der Waals surface area (Å²) in [5.41, 5.74) is 8.00. The van der Waals surface area contributed by atoms with Crippen molar-refractivity contribution in [3.8, 4) is 0 Å². The Labute approximate surface area is 205 Å². The lowest BCUT2D eigenvalue weighted by atomic mass is 9.95. The van der Waals surface area contributed by atoms with Crippen molar-refractivity contribution in [1.82, 2.24) is 14.8 Å². The number of halogens is 1. The second-order valence-corrected chi connectivity index (χ2v) is 9.84. The monoisotopic (exact) mass is 480 g/mol. The van der Waals surface area contributed by atoms with Crippen LogP contribution in [0.25, 0.3) is 0 Å². The molecule has 1 saturated carbocycles. The fourth-order valence-corrected chi connectivity index (χ4v) is 5.28. The number of aromatic nitrogens is 1. The Kier molecular flexibility index (Phi) is 7.60. The first kappa shape index (κ1) is 25.0. The third-order valence-corrected chi connectivity index (χ3v) is 7.37. The number of hydrogen-bond acceptors (Lipinski definition) is 5. The molecule has 35 heavy (non-hydrogen) atoms. The molecule has 4 rings (SSSR count). The summed E-state index contributed by atoms with van der Waals surface area (Å²) in [6.45, 7) is 6.72. The number of carbonyl (C=O) groups excluding carboxylic acids is 3. The second kappa shape index (κ2) is 10.6. The molecule has 186 valence electrons. The maximum atomic E-state index is 14.5. The van der Waals surface area contributed by atoms with E-state index in [-0.39, 0.29) is 41.6 Å². The van der Waals surface area contributed by atoms with Crippen LogP contribution in [0.1, 0.15) is 70.1 Å². The molecule has 2 aliphatic rings. The molecule has 8 heteroatoms. The van der Waals surface area contributed by atoms with Gasteiger partial charge in [-0.2, -0.15) is 0 Å². The van der Waals surface area contributed by atoms with Crippen molar-refractivity contribution in [3.05, 3.63) is 64.2 Å². The Hall–Kier alpha value is -3.13. The number of primary amides is 1. The summed E-state index contributed by atoms with van der Waals surface area (Å²) in [6, 6.07) is 5.98. The zero-order valence-corrected chi connectivity index (χ0v) is 20.4. The number of hydrogen-bond donors (Lipinski definition) is 1. The van der Waals surface area contributed by atoms with Crippen LogP contribution in [0.3, 0.4) is 0 Å². The van der Waals surface area contributed by atoms with E-state index >= 15 is 0 Å². The van der Waals surface area contributed by atoms with Crippen molar-refractivity contribution in [2.24, 2.45) is 11.7 Å². The molecule has 0 unspecified atom stereocenters. The van der Waals surface area contributed by atoms with Crippen molar-refractivity contribution in [1.29, 1.82) is 0 Å². The van der Waals surface area contributed by atoms with Gasteiger partial charge < -0.3 is 10.6 Å². The summed E-state index contributed by atoms with van der Waals surface area (Å²) in [7, 11) is 0. The summed E-state index contributed by atoms with van der Waals surface area (Å²) in [6.07, 6.45) is 5.65. The number of nitrogens with two attached hydrogens (primary N) is 1. The lowest BCUT2D eigenvalue weighted by molar-refractivity contribution is -0.140. The Morgan fingerprint density at radius 2 is 1.83 bits per heavy atom. The molecule has 0 radical (unpaired) electrons. The summed E-state index contributed by atoms with van der Waals surface area (Å²) >= 11 is 0. The molecule has 0 spiro atoms. The number of nitrogens with zero attached hydrogens (tertiary/aromatic N) is 3. The highest BCUT2D eigenvalue weighted by Crippen LogP contribution is 2.28. The largest absolute Gasteiger partial charge is 0.364 e. The van der Waals surface area contributed by atoms with Gasteiger partial charge in [0.05, 0.1) is 0 Å². The topological polar surface area (TPSA) is 96.6 Å². The Balaban J connectivity index is 1.42. The molecule has 2 fully saturated rings. The van der Waals surface area contributed by atoms with Gasteiger partial charge in [0.1, 0.15) is 11.5 Å². The van der Waals surface area contributed by atoms with Crippen molar-refractivity contribution in [2.75, 3.05) is 19.6 Å². The molecule has 1 saturated heterocycles. The average molecular weight is 481 g/mol. The normalized spacial score (nSPS) is 19.2. The summed E-state index contributed by atoms with van der Waals surface area (Å²) < 4.78 is 14.5. The van der Waals surface area contributed by atoms with Gasteiger partial charge in [-0.3, -0.25) is 24.3 Å². The molecule has 2 N–H and O–H groups in total. The minimum Gasteiger partial charge on any atom is -0.364 e. The molecule has 1 aromatic carbocycles. The van der Waals surface area contributed by atoms with E-state index in [1.54, 1.807) is 0 Å². The minimum atomic E-state index is -0.660. The van der Waals surface area contributed by atoms with Crippen LogP contribution in [0.5, 0.6) is 0 Å². The van der Waals surface area contributed by atoms with Crippen LogP contribution < -0.4 is 5.73 Å². The van der Waals surface area contributed by atoms with Gasteiger partial charge in [-0.25, -0.2) is 4.39 Å². The highest BCUT2D eigenvalue weighted by Gasteiger charge is 2.33. The maximum absolute atomic E-state index is 14.5. The average Bonchev–Trinajstić information content (AvgIpc) is 3.37. The van der Waals surface area contributed by atoms with Gasteiger partial charge in [0.15, 0.2) is 5.78 Å². The molecule has 2 heterocycles. The number of pyridine rings is 1. The zero-order valence-electron chi connectivity index (χ0n) is 20.4. The van der Waals surface area contributed by atoms with E-state index in [1.807, 2.05) is 11.8 Å². The molecular formula is C27H33FN4O3. The minimum absolute atomic E-state index is 0.0360. The number of carbonyl (C=O) groups is 3. The van der Waals surface area contributed by atoms with Crippen LogP contribution in [-0.4, -0.2) is 58.1 Å². The van der Waals surface area contributed by atoms with E-state index in [0.29, 0.717) is 24.2 Å². The summed E-state index contributed by atoms with van der Waals surface area (Å²) in [5.74, 6) is -0.778. The van der Waals surface area contributed by atoms with Crippen LogP contribution in [-0.2, 0) is 17.8 Å². The van der Waals surface area contributed by atoms with Crippen LogP contribution in [0.2, 0.25) is 0 Å². The molecule has 1 atom stereocenters. The highest BCUT2D eigenvalue weighted by molar-refractivity contribution is 5.98. The van der Waals surface area contributed by atoms with Gasteiger partial charge in [-0.05, 0) is 67.6 Å². The predicted molar refractivity (Wildman–Crippen MR) is 130 cm³/mol.